The average molecular weight is 689 g/mol. The predicted octanol–water partition coefficient (Wildman–Crippen LogP) is 12.7. The van der Waals surface area contributed by atoms with Gasteiger partial charge < -0.3 is 0 Å². The Hall–Kier alpha value is -7.30. The third-order valence-corrected chi connectivity index (χ3v) is 10.2. The maximum atomic E-state index is 5.12. The molecule has 0 radical (unpaired) electrons. The molecule has 10 aromatic rings. The number of pyridine rings is 1. The first-order valence-electron chi connectivity index (χ1n) is 18.1. The van der Waals surface area contributed by atoms with Crippen molar-refractivity contribution in [2.24, 2.45) is 0 Å². The van der Waals surface area contributed by atoms with Gasteiger partial charge in [-0.25, -0.2) is 15.0 Å². The van der Waals surface area contributed by atoms with Crippen molar-refractivity contribution in [2.45, 2.75) is 0 Å². The monoisotopic (exact) mass is 688 g/mol. The largest absolute Gasteiger partial charge is 0.256 e. The van der Waals surface area contributed by atoms with Crippen molar-refractivity contribution in [1.29, 1.82) is 0 Å². The maximum Gasteiger partial charge on any atom is 0.164 e. The van der Waals surface area contributed by atoms with Crippen molar-refractivity contribution in [2.75, 3.05) is 0 Å². The molecule has 0 aliphatic heterocycles. The van der Waals surface area contributed by atoms with Gasteiger partial charge in [-0.1, -0.05) is 170 Å². The molecule has 0 spiro atoms. The van der Waals surface area contributed by atoms with E-state index in [-0.39, 0.29) is 0 Å². The second-order valence-electron chi connectivity index (χ2n) is 13.4. The Bertz CT molecular complexity index is 2960. The summed E-state index contributed by atoms with van der Waals surface area (Å²) in [6.07, 6.45) is 1.87. The fourth-order valence-corrected chi connectivity index (χ4v) is 7.52. The Morgan fingerprint density at radius 1 is 0.278 bits per heavy atom. The first-order valence-corrected chi connectivity index (χ1v) is 18.1. The molecule has 2 aromatic heterocycles. The number of aromatic nitrogens is 4. The van der Waals surface area contributed by atoms with Crippen LogP contribution in [0, 0.1) is 0 Å². The summed E-state index contributed by atoms with van der Waals surface area (Å²) in [5.41, 5.74) is 10.9. The molecule has 0 saturated carbocycles. The van der Waals surface area contributed by atoms with Gasteiger partial charge in [-0.05, 0) is 67.7 Å². The summed E-state index contributed by atoms with van der Waals surface area (Å²) in [6, 6.07) is 65.7. The second kappa shape index (κ2) is 13.4. The highest BCUT2D eigenvalue weighted by atomic mass is 15.0. The van der Waals surface area contributed by atoms with E-state index in [0.717, 1.165) is 60.4 Å². The minimum absolute atomic E-state index is 0.638. The molecule has 10 rings (SSSR count). The van der Waals surface area contributed by atoms with E-state index >= 15 is 0 Å². The SMILES string of the molecule is c1ccc(-c2ccc(-c3nc(-c4ccccc4)nc(-c4ccc(-c5ccc(-c6cc7cccnc7c7ccccc67)cc5)c5ccccc45)n3)cc2)cc1. The van der Waals surface area contributed by atoms with Crippen molar-refractivity contribution < 1.29 is 0 Å². The van der Waals surface area contributed by atoms with E-state index < -0.39 is 0 Å². The lowest BCUT2D eigenvalue weighted by atomic mass is 9.92. The van der Waals surface area contributed by atoms with Gasteiger partial charge in [-0.2, -0.15) is 0 Å². The van der Waals surface area contributed by atoms with Crippen LogP contribution < -0.4 is 0 Å². The fourth-order valence-electron chi connectivity index (χ4n) is 7.52. The minimum atomic E-state index is 0.638. The molecular weight excluding hydrogens is 657 g/mol. The zero-order valence-electron chi connectivity index (χ0n) is 29.3. The Kier molecular flexibility index (Phi) is 7.77. The van der Waals surface area contributed by atoms with Gasteiger partial charge in [0.05, 0.1) is 5.52 Å². The van der Waals surface area contributed by atoms with Gasteiger partial charge in [0.2, 0.25) is 0 Å². The Balaban J connectivity index is 1.07. The number of rotatable bonds is 6. The molecule has 0 bridgehead atoms. The van der Waals surface area contributed by atoms with Crippen LogP contribution in [0.2, 0.25) is 0 Å². The third kappa shape index (κ3) is 5.67. The van der Waals surface area contributed by atoms with E-state index in [9.17, 15) is 0 Å². The highest BCUT2D eigenvalue weighted by Crippen LogP contribution is 2.38. The molecule has 0 unspecified atom stereocenters. The lowest BCUT2D eigenvalue weighted by molar-refractivity contribution is 1.08. The molecule has 0 atom stereocenters. The minimum Gasteiger partial charge on any atom is -0.256 e. The van der Waals surface area contributed by atoms with Crippen LogP contribution in [0.1, 0.15) is 0 Å². The average Bonchev–Trinajstić information content (AvgIpc) is 3.26. The van der Waals surface area contributed by atoms with Crippen LogP contribution in [0.3, 0.4) is 0 Å². The van der Waals surface area contributed by atoms with Gasteiger partial charge in [0, 0.05) is 33.7 Å². The van der Waals surface area contributed by atoms with E-state index in [0.29, 0.717) is 17.5 Å². The van der Waals surface area contributed by atoms with Gasteiger partial charge in [0.15, 0.2) is 17.5 Å². The molecule has 4 heteroatoms. The summed E-state index contributed by atoms with van der Waals surface area (Å²) in [5, 5.41) is 5.73. The standard InChI is InChI=1S/C50H32N4/c1-3-12-33(13-4-1)34-21-27-38(28-22-34)49-52-48(37-14-5-2-6-15-37)53-50(54-49)45-30-29-40(41-17-7-8-18-42(41)45)35-23-25-36(26-24-35)46-32-39-16-11-31-51-47(39)44-20-10-9-19-43(44)46/h1-32H. The third-order valence-electron chi connectivity index (χ3n) is 10.2. The van der Waals surface area contributed by atoms with Gasteiger partial charge >= 0.3 is 0 Å². The highest BCUT2D eigenvalue weighted by Gasteiger charge is 2.17. The molecule has 252 valence electrons. The summed E-state index contributed by atoms with van der Waals surface area (Å²) in [5.74, 6) is 1.92. The van der Waals surface area contributed by atoms with Crippen LogP contribution in [0.15, 0.2) is 194 Å². The molecule has 54 heavy (non-hydrogen) atoms. The highest BCUT2D eigenvalue weighted by molar-refractivity contribution is 6.12. The summed E-state index contributed by atoms with van der Waals surface area (Å²) in [4.78, 5) is 19.9. The smallest absolute Gasteiger partial charge is 0.164 e. The van der Waals surface area contributed by atoms with Gasteiger partial charge in [0.1, 0.15) is 0 Å². The molecule has 0 saturated heterocycles. The van der Waals surface area contributed by atoms with Crippen molar-refractivity contribution in [3.8, 4) is 67.5 Å². The zero-order chi connectivity index (χ0) is 35.8. The van der Waals surface area contributed by atoms with Crippen molar-refractivity contribution in [3.05, 3.63) is 194 Å². The van der Waals surface area contributed by atoms with E-state index in [1.165, 1.54) is 22.1 Å². The molecule has 0 aliphatic rings. The number of fused-ring (bicyclic) bond motifs is 4. The Labute approximate surface area is 313 Å². The van der Waals surface area contributed by atoms with Crippen LogP contribution >= 0.6 is 0 Å². The summed E-state index contributed by atoms with van der Waals surface area (Å²) in [7, 11) is 0. The Morgan fingerprint density at radius 3 is 1.39 bits per heavy atom. The molecule has 2 heterocycles. The molecule has 0 N–H and O–H groups in total. The molecule has 0 fully saturated rings. The quantitative estimate of drug-likeness (QED) is 0.163. The molecular formula is C50H32N4. The lowest BCUT2D eigenvalue weighted by Gasteiger charge is -2.14. The summed E-state index contributed by atoms with van der Waals surface area (Å²) >= 11 is 0. The van der Waals surface area contributed by atoms with Gasteiger partial charge in [-0.3, -0.25) is 4.98 Å². The normalized spacial score (nSPS) is 11.3. The fraction of sp³-hybridized carbons (Fsp3) is 0. The number of benzene rings is 8. The molecule has 8 aromatic carbocycles. The Morgan fingerprint density at radius 2 is 0.722 bits per heavy atom. The first-order chi connectivity index (χ1) is 26.8. The van der Waals surface area contributed by atoms with Crippen molar-refractivity contribution in [3.63, 3.8) is 0 Å². The summed E-state index contributed by atoms with van der Waals surface area (Å²) in [6.45, 7) is 0. The summed E-state index contributed by atoms with van der Waals surface area (Å²) < 4.78 is 0. The number of nitrogens with zero attached hydrogens (tertiary/aromatic N) is 4. The zero-order valence-corrected chi connectivity index (χ0v) is 29.3. The second-order valence-corrected chi connectivity index (χ2v) is 13.4. The molecule has 4 nitrogen and oxygen atoms in total. The van der Waals surface area contributed by atoms with Crippen LogP contribution in [0.4, 0.5) is 0 Å². The molecule has 0 aliphatic carbocycles. The van der Waals surface area contributed by atoms with Crippen molar-refractivity contribution in [1.82, 2.24) is 19.9 Å². The van der Waals surface area contributed by atoms with Crippen LogP contribution in [0.25, 0.3) is 100.0 Å². The van der Waals surface area contributed by atoms with E-state index in [1.54, 1.807) is 0 Å². The molecule has 0 amide bonds. The van der Waals surface area contributed by atoms with Crippen LogP contribution in [-0.4, -0.2) is 19.9 Å². The first kappa shape index (κ1) is 31.4. The van der Waals surface area contributed by atoms with E-state index in [4.69, 9.17) is 19.9 Å². The van der Waals surface area contributed by atoms with Gasteiger partial charge in [-0.15, -0.1) is 0 Å². The van der Waals surface area contributed by atoms with E-state index in [2.05, 4.69) is 146 Å². The number of hydrogen-bond donors (Lipinski definition) is 0. The topological polar surface area (TPSA) is 51.6 Å². The lowest BCUT2D eigenvalue weighted by Crippen LogP contribution is -2.00. The van der Waals surface area contributed by atoms with E-state index in [1.807, 2.05) is 48.7 Å². The number of hydrogen-bond acceptors (Lipinski definition) is 4. The maximum absolute atomic E-state index is 5.12. The van der Waals surface area contributed by atoms with Crippen LogP contribution in [-0.2, 0) is 0 Å². The van der Waals surface area contributed by atoms with Gasteiger partial charge in [0.25, 0.3) is 0 Å². The van der Waals surface area contributed by atoms with Crippen LogP contribution in [0.5, 0.6) is 0 Å². The predicted molar refractivity (Wildman–Crippen MR) is 223 cm³/mol. The van der Waals surface area contributed by atoms with Crippen molar-refractivity contribution >= 4 is 32.4 Å².